The number of amides is 1. The molecule has 156 valence electrons. The van der Waals surface area contributed by atoms with Gasteiger partial charge in [-0.1, -0.05) is 12.1 Å². The molecule has 0 unspecified atom stereocenters. The van der Waals surface area contributed by atoms with Crippen molar-refractivity contribution in [2.45, 2.75) is 6.54 Å². The lowest BCUT2D eigenvalue weighted by Gasteiger charge is -2.08. The molecule has 2 heterocycles. The van der Waals surface area contributed by atoms with E-state index in [2.05, 4.69) is 31.3 Å². The number of hydrogen-bond acceptors (Lipinski definition) is 5. The fourth-order valence-corrected chi connectivity index (χ4v) is 3.14. The molecule has 4 rings (SSSR count). The van der Waals surface area contributed by atoms with Crippen LogP contribution in [0.1, 0.15) is 15.9 Å². The molecule has 2 aromatic heterocycles. The predicted octanol–water partition coefficient (Wildman–Crippen LogP) is 4.76. The fourth-order valence-electron chi connectivity index (χ4n) is 2.85. The van der Waals surface area contributed by atoms with E-state index in [1.54, 1.807) is 48.5 Å². The highest BCUT2D eigenvalue weighted by Gasteiger charge is 2.07. The van der Waals surface area contributed by atoms with Gasteiger partial charge in [-0.15, -0.1) is 0 Å². The Bertz CT molecular complexity index is 1170. The third-order valence-corrected chi connectivity index (χ3v) is 4.87. The normalized spacial score (nSPS) is 10.5. The first-order valence-corrected chi connectivity index (χ1v) is 10.3. The van der Waals surface area contributed by atoms with Crippen molar-refractivity contribution in [1.29, 1.82) is 0 Å². The Labute approximate surface area is 187 Å². The summed E-state index contributed by atoms with van der Waals surface area (Å²) in [6.07, 6.45) is 5.24. The van der Waals surface area contributed by atoms with Gasteiger partial charge in [0.05, 0.1) is 23.5 Å². The van der Waals surface area contributed by atoms with Gasteiger partial charge in [-0.05, 0) is 57.9 Å². The molecule has 0 radical (unpaired) electrons. The van der Waals surface area contributed by atoms with Crippen molar-refractivity contribution in [3.63, 3.8) is 0 Å². The Morgan fingerprint density at radius 1 is 1.06 bits per heavy atom. The zero-order chi connectivity index (χ0) is 21.6. The van der Waals surface area contributed by atoms with Crippen molar-refractivity contribution in [2.24, 2.45) is 0 Å². The molecule has 0 bridgehead atoms. The van der Waals surface area contributed by atoms with Crippen LogP contribution in [0.5, 0.6) is 17.4 Å². The smallest absolute Gasteiger partial charge is 0.251 e. The number of rotatable bonds is 7. The van der Waals surface area contributed by atoms with Crippen LogP contribution in [0.15, 0.2) is 83.7 Å². The number of hydrogen-bond donors (Lipinski definition) is 1. The second-order valence-corrected chi connectivity index (χ2v) is 7.53. The Balaban J connectivity index is 1.33. The minimum Gasteiger partial charge on any atom is -0.497 e. The second kappa shape index (κ2) is 9.44. The third-order valence-electron chi connectivity index (χ3n) is 4.46. The Hall–Kier alpha value is -3.65. The van der Waals surface area contributed by atoms with E-state index in [1.165, 1.54) is 0 Å². The molecule has 8 heteroatoms. The number of halogens is 1. The maximum absolute atomic E-state index is 12.4. The molecule has 1 N–H and O–H groups in total. The summed E-state index contributed by atoms with van der Waals surface area (Å²) in [6, 6.07) is 18.2. The summed E-state index contributed by atoms with van der Waals surface area (Å²) in [5.74, 6) is 1.65. The van der Waals surface area contributed by atoms with Crippen LogP contribution in [0.2, 0.25) is 0 Å². The summed E-state index contributed by atoms with van der Waals surface area (Å²) in [6.45, 7) is 0.360. The van der Waals surface area contributed by atoms with Gasteiger partial charge >= 0.3 is 0 Å². The molecule has 0 saturated heterocycles. The van der Waals surface area contributed by atoms with Crippen LogP contribution in [-0.2, 0) is 6.54 Å². The zero-order valence-electron chi connectivity index (χ0n) is 16.7. The third kappa shape index (κ3) is 5.29. The highest BCUT2D eigenvalue weighted by atomic mass is 79.9. The molecule has 0 atom stereocenters. The number of aromatic nitrogens is 3. The average Bonchev–Trinajstić information content (AvgIpc) is 3.25. The topological polar surface area (TPSA) is 78.3 Å². The van der Waals surface area contributed by atoms with Crippen LogP contribution in [0.4, 0.5) is 0 Å². The lowest BCUT2D eigenvalue weighted by Crippen LogP contribution is -2.22. The summed E-state index contributed by atoms with van der Waals surface area (Å²) in [4.78, 5) is 16.7. The lowest BCUT2D eigenvalue weighted by atomic mass is 10.2. The summed E-state index contributed by atoms with van der Waals surface area (Å²) in [5, 5.41) is 7.12. The minimum atomic E-state index is -0.162. The molecule has 7 nitrogen and oxygen atoms in total. The number of nitrogens with zero attached hydrogens (tertiary/aromatic N) is 3. The van der Waals surface area contributed by atoms with E-state index in [1.807, 2.05) is 42.6 Å². The van der Waals surface area contributed by atoms with Gasteiger partial charge in [0.15, 0.2) is 0 Å². The van der Waals surface area contributed by atoms with Gasteiger partial charge in [0.1, 0.15) is 11.5 Å². The Morgan fingerprint density at radius 2 is 1.87 bits per heavy atom. The van der Waals surface area contributed by atoms with Crippen LogP contribution in [0.25, 0.3) is 5.69 Å². The van der Waals surface area contributed by atoms with Crippen molar-refractivity contribution in [1.82, 2.24) is 20.1 Å². The molecule has 0 fully saturated rings. The van der Waals surface area contributed by atoms with Crippen LogP contribution in [0.3, 0.4) is 0 Å². The Kier molecular flexibility index (Phi) is 6.28. The molecule has 0 aliphatic carbocycles. The Morgan fingerprint density at radius 3 is 2.55 bits per heavy atom. The summed E-state index contributed by atoms with van der Waals surface area (Å²) in [7, 11) is 1.60. The van der Waals surface area contributed by atoms with Gasteiger partial charge in [0, 0.05) is 36.6 Å². The van der Waals surface area contributed by atoms with Gasteiger partial charge in [-0.2, -0.15) is 5.10 Å². The largest absolute Gasteiger partial charge is 0.497 e. The lowest BCUT2D eigenvalue weighted by molar-refractivity contribution is 0.0951. The molecule has 0 aliphatic rings. The SMILES string of the molecule is COc1cccc(Oc2ccc(CNC(=O)c3ccc(-n4cc(Br)cn4)cc3)cn2)c1. The maximum Gasteiger partial charge on any atom is 0.251 e. The molecule has 0 aliphatic heterocycles. The van der Waals surface area contributed by atoms with E-state index in [0.717, 1.165) is 15.7 Å². The zero-order valence-corrected chi connectivity index (χ0v) is 18.2. The summed E-state index contributed by atoms with van der Waals surface area (Å²) >= 11 is 3.37. The first kappa shape index (κ1) is 20.6. The molecule has 0 saturated carbocycles. The van der Waals surface area contributed by atoms with E-state index in [0.29, 0.717) is 29.5 Å². The van der Waals surface area contributed by atoms with E-state index in [9.17, 15) is 4.79 Å². The molecular formula is C23H19BrN4O3. The van der Waals surface area contributed by atoms with Crippen molar-refractivity contribution in [2.75, 3.05) is 7.11 Å². The van der Waals surface area contributed by atoms with Gasteiger partial charge in [0.2, 0.25) is 5.88 Å². The van der Waals surface area contributed by atoms with Gasteiger partial charge in [-0.25, -0.2) is 9.67 Å². The van der Waals surface area contributed by atoms with Crippen molar-refractivity contribution >= 4 is 21.8 Å². The van der Waals surface area contributed by atoms with Gasteiger partial charge in [-0.3, -0.25) is 4.79 Å². The van der Waals surface area contributed by atoms with Crippen molar-refractivity contribution < 1.29 is 14.3 Å². The number of nitrogens with one attached hydrogen (secondary N) is 1. The molecule has 2 aromatic carbocycles. The molecule has 31 heavy (non-hydrogen) atoms. The van der Waals surface area contributed by atoms with E-state index in [4.69, 9.17) is 9.47 Å². The summed E-state index contributed by atoms with van der Waals surface area (Å²) < 4.78 is 13.5. The number of carbonyl (C=O) groups excluding carboxylic acids is 1. The van der Waals surface area contributed by atoms with Crippen LogP contribution in [0, 0.1) is 0 Å². The first-order valence-electron chi connectivity index (χ1n) is 9.46. The average molecular weight is 479 g/mol. The second-order valence-electron chi connectivity index (χ2n) is 6.62. The molecule has 1 amide bonds. The number of methoxy groups -OCH3 is 1. The van der Waals surface area contributed by atoms with Crippen LogP contribution in [-0.4, -0.2) is 27.8 Å². The van der Waals surface area contributed by atoms with Gasteiger partial charge < -0.3 is 14.8 Å². The number of pyridine rings is 1. The van der Waals surface area contributed by atoms with E-state index in [-0.39, 0.29) is 5.91 Å². The first-order chi connectivity index (χ1) is 15.1. The maximum atomic E-state index is 12.4. The van der Waals surface area contributed by atoms with E-state index >= 15 is 0 Å². The molecule has 0 spiro atoms. The highest BCUT2D eigenvalue weighted by molar-refractivity contribution is 9.10. The van der Waals surface area contributed by atoms with Crippen molar-refractivity contribution in [3.05, 3.63) is 94.9 Å². The number of benzene rings is 2. The van der Waals surface area contributed by atoms with Crippen molar-refractivity contribution in [3.8, 4) is 23.1 Å². The quantitative estimate of drug-likeness (QED) is 0.414. The van der Waals surface area contributed by atoms with Crippen LogP contribution >= 0.6 is 15.9 Å². The standard InChI is InChI=1S/C23H19BrN4O3/c1-30-20-3-2-4-21(11-20)31-22-10-5-16(12-25-22)13-26-23(29)17-6-8-19(9-7-17)28-15-18(24)14-27-28/h2-12,14-15H,13H2,1H3,(H,26,29). The van der Waals surface area contributed by atoms with Gasteiger partial charge in [0.25, 0.3) is 5.91 Å². The molecule has 4 aromatic rings. The van der Waals surface area contributed by atoms with Crippen LogP contribution < -0.4 is 14.8 Å². The molecular weight excluding hydrogens is 460 g/mol. The predicted molar refractivity (Wildman–Crippen MR) is 120 cm³/mol. The monoisotopic (exact) mass is 478 g/mol. The van der Waals surface area contributed by atoms with E-state index < -0.39 is 0 Å². The highest BCUT2D eigenvalue weighted by Crippen LogP contribution is 2.23. The number of ether oxygens (including phenoxy) is 2. The minimum absolute atomic E-state index is 0.162. The number of carbonyl (C=O) groups is 1. The fraction of sp³-hybridized carbons (Fsp3) is 0.0870. The summed E-state index contributed by atoms with van der Waals surface area (Å²) in [5.41, 5.74) is 2.31.